The van der Waals surface area contributed by atoms with Crippen molar-refractivity contribution in [3.63, 3.8) is 0 Å². The number of aromatic hydroxyl groups is 1. The molecule has 0 aliphatic carbocycles. The minimum absolute atomic E-state index is 0.0489. The number of benzene rings is 3. The molecule has 0 unspecified atom stereocenters. The Morgan fingerprint density at radius 2 is 1.88 bits per heavy atom. The molecule has 0 saturated carbocycles. The molecule has 0 radical (unpaired) electrons. The van der Waals surface area contributed by atoms with Gasteiger partial charge in [-0.2, -0.15) is 0 Å². The number of aromatic amines is 1. The second-order valence-corrected chi connectivity index (χ2v) is 8.53. The molecule has 0 aliphatic heterocycles. The Balaban J connectivity index is 1.61. The topological polar surface area (TPSA) is 133 Å². The van der Waals surface area contributed by atoms with Crippen molar-refractivity contribution in [2.45, 2.75) is 4.90 Å². The molecule has 0 fully saturated rings. The molecule has 1 heterocycles. The van der Waals surface area contributed by atoms with Gasteiger partial charge in [0, 0.05) is 10.9 Å². The van der Waals surface area contributed by atoms with Gasteiger partial charge in [-0.15, -0.1) is 10.2 Å². The number of rotatable bonds is 6. The van der Waals surface area contributed by atoms with E-state index >= 15 is 0 Å². The first-order valence-corrected chi connectivity index (χ1v) is 11.0. The van der Waals surface area contributed by atoms with Gasteiger partial charge >= 0.3 is 0 Å². The zero-order chi connectivity index (χ0) is 23.6. The average molecular weight is 468 g/mol. The molecule has 9 nitrogen and oxygen atoms in total. The van der Waals surface area contributed by atoms with Gasteiger partial charge in [0.05, 0.1) is 23.2 Å². The molecule has 4 aromatic rings. The quantitative estimate of drug-likeness (QED) is 0.351. The van der Waals surface area contributed by atoms with Gasteiger partial charge in [-0.1, -0.05) is 18.2 Å². The van der Waals surface area contributed by atoms with Crippen molar-refractivity contribution in [2.75, 3.05) is 11.8 Å². The SMILES string of the molecule is COc1ccccc1NS(=O)(=O)c1cccc(C(=O)N=Nc2c(O)[nH]c3ccc(F)cc23)c1. The van der Waals surface area contributed by atoms with Crippen molar-refractivity contribution in [3.8, 4) is 11.6 Å². The fraction of sp³-hybridized carbons (Fsp3) is 0.0455. The van der Waals surface area contributed by atoms with Crippen LogP contribution in [0.5, 0.6) is 11.6 Å². The molecule has 0 aliphatic rings. The van der Waals surface area contributed by atoms with Crippen molar-refractivity contribution < 1.29 is 27.4 Å². The Bertz CT molecular complexity index is 1500. The predicted molar refractivity (Wildman–Crippen MR) is 119 cm³/mol. The number of carbonyl (C=O) groups is 1. The maximum Gasteiger partial charge on any atom is 0.295 e. The molecule has 3 aromatic carbocycles. The maximum absolute atomic E-state index is 13.5. The number of hydrogen-bond donors (Lipinski definition) is 3. The van der Waals surface area contributed by atoms with Crippen LogP contribution in [0, 0.1) is 5.82 Å². The number of nitrogens with zero attached hydrogens (tertiary/aromatic N) is 2. The van der Waals surface area contributed by atoms with Crippen LogP contribution in [-0.2, 0) is 10.0 Å². The Morgan fingerprint density at radius 3 is 2.67 bits per heavy atom. The molecule has 0 bridgehead atoms. The number of anilines is 1. The van der Waals surface area contributed by atoms with Crippen molar-refractivity contribution >= 4 is 38.2 Å². The van der Waals surface area contributed by atoms with Crippen molar-refractivity contribution in [1.29, 1.82) is 0 Å². The molecule has 1 amide bonds. The van der Waals surface area contributed by atoms with E-state index < -0.39 is 21.7 Å². The van der Waals surface area contributed by atoms with Crippen molar-refractivity contribution in [2.24, 2.45) is 10.2 Å². The Morgan fingerprint density at radius 1 is 1.09 bits per heavy atom. The third-order valence-corrected chi connectivity index (χ3v) is 6.06. The molecular formula is C22H17FN4O5S. The van der Waals surface area contributed by atoms with Gasteiger partial charge in [-0.25, -0.2) is 12.8 Å². The number of methoxy groups -OCH3 is 1. The molecule has 0 atom stereocenters. The molecule has 3 N–H and O–H groups in total. The van der Waals surface area contributed by atoms with Gasteiger partial charge in [0.2, 0.25) is 5.88 Å². The number of nitrogens with one attached hydrogen (secondary N) is 2. The Hall–Kier alpha value is -4.25. The summed E-state index contributed by atoms with van der Waals surface area (Å²) >= 11 is 0. The summed E-state index contributed by atoms with van der Waals surface area (Å²) in [6.07, 6.45) is 0. The van der Waals surface area contributed by atoms with Crippen LogP contribution in [0.4, 0.5) is 15.8 Å². The molecule has 1 aromatic heterocycles. The highest BCUT2D eigenvalue weighted by molar-refractivity contribution is 7.92. The third kappa shape index (κ3) is 4.53. The summed E-state index contributed by atoms with van der Waals surface area (Å²) in [6, 6.07) is 15.5. The van der Waals surface area contributed by atoms with E-state index in [2.05, 4.69) is 19.9 Å². The number of amides is 1. The van der Waals surface area contributed by atoms with E-state index in [9.17, 15) is 22.7 Å². The Labute approximate surface area is 187 Å². The summed E-state index contributed by atoms with van der Waals surface area (Å²) in [5.41, 5.74) is 0.482. The number of fused-ring (bicyclic) bond motifs is 1. The van der Waals surface area contributed by atoms with E-state index in [1.54, 1.807) is 18.2 Å². The molecule has 168 valence electrons. The summed E-state index contributed by atoms with van der Waals surface area (Å²) in [6.45, 7) is 0. The average Bonchev–Trinajstić information content (AvgIpc) is 3.11. The number of azo groups is 1. The van der Waals surface area contributed by atoms with E-state index in [0.29, 0.717) is 11.3 Å². The predicted octanol–water partition coefficient (Wildman–Crippen LogP) is 4.75. The molecule has 0 spiro atoms. The first-order chi connectivity index (χ1) is 15.8. The Kier molecular flexibility index (Phi) is 5.80. The second kappa shape index (κ2) is 8.71. The van der Waals surface area contributed by atoms with Gasteiger partial charge in [-0.3, -0.25) is 9.52 Å². The monoisotopic (exact) mass is 468 g/mol. The minimum Gasteiger partial charge on any atom is -0.495 e. The highest BCUT2D eigenvalue weighted by Crippen LogP contribution is 2.36. The van der Waals surface area contributed by atoms with Crippen LogP contribution in [0.15, 0.2) is 81.9 Å². The van der Waals surface area contributed by atoms with Crippen LogP contribution < -0.4 is 9.46 Å². The second-order valence-electron chi connectivity index (χ2n) is 6.85. The summed E-state index contributed by atoms with van der Waals surface area (Å²) in [5, 5.41) is 17.5. The van der Waals surface area contributed by atoms with Crippen LogP contribution in [-0.4, -0.2) is 31.5 Å². The normalized spacial score (nSPS) is 11.7. The van der Waals surface area contributed by atoms with Crippen molar-refractivity contribution in [3.05, 3.63) is 78.1 Å². The van der Waals surface area contributed by atoms with E-state index in [1.165, 1.54) is 43.5 Å². The number of ether oxygens (including phenoxy) is 1. The molecular weight excluding hydrogens is 451 g/mol. The number of aromatic nitrogens is 1. The largest absolute Gasteiger partial charge is 0.495 e. The highest BCUT2D eigenvalue weighted by atomic mass is 32.2. The van der Waals surface area contributed by atoms with Gasteiger partial charge in [0.15, 0.2) is 5.69 Å². The fourth-order valence-corrected chi connectivity index (χ4v) is 4.23. The van der Waals surface area contributed by atoms with E-state index in [0.717, 1.165) is 12.1 Å². The summed E-state index contributed by atoms with van der Waals surface area (Å²) in [7, 11) is -2.63. The lowest BCUT2D eigenvalue weighted by Gasteiger charge is -2.11. The fourth-order valence-electron chi connectivity index (χ4n) is 3.12. The lowest BCUT2D eigenvalue weighted by Crippen LogP contribution is -2.14. The summed E-state index contributed by atoms with van der Waals surface area (Å²) in [4.78, 5) is 15.0. The molecule has 4 rings (SSSR count). The summed E-state index contributed by atoms with van der Waals surface area (Å²) in [5.74, 6) is -1.46. The zero-order valence-electron chi connectivity index (χ0n) is 17.1. The van der Waals surface area contributed by atoms with Crippen LogP contribution in [0.25, 0.3) is 10.9 Å². The number of halogens is 1. The first-order valence-electron chi connectivity index (χ1n) is 9.50. The standard InChI is InChI=1S/C22H17FN4O5S/c1-32-19-8-3-2-7-18(19)27-33(30,31)15-6-4-5-13(11-15)21(28)26-25-20-16-12-14(23)9-10-17(16)24-22(20)29/h2-12,24,27,29H,1H3. The van der Waals surface area contributed by atoms with Crippen LogP contribution in [0.2, 0.25) is 0 Å². The molecule has 33 heavy (non-hydrogen) atoms. The molecule has 11 heteroatoms. The number of para-hydroxylation sites is 2. The van der Waals surface area contributed by atoms with Crippen LogP contribution in [0.1, 0.15) is 10.4 Å². The molecule has 0 saturated heterocycles. The van der Waals surface area contributed by atoms with Gasteiger partial charge in [0.25, 0.3) is 15.9 Å². The number of H-pyrrole nitrogens is 1. The zero-order valence-corrected chi connectivity index (χ0v) is 17.9. The van der Waals surface area contributed by atoms with Crippen LogP contribution in [0.3, 0.4) is 0 Å². The van der Waals surface area contributed by atoms with E-state index in [4.69, 9.17) is 4.74 Å². The lowest BCUT2D eigenvalue weighted by atomic mass is 10.2. The number of hydrogen-bond acceptors (Lipinski definition) is 6. The van der Waals surface area contributed by atoms with Gasteiger partial charge in [0.1, 0.15) is 11.6 Å². The highest BCUT2D eigenvalue weighted by Gasteiger charge is 2.19. The summed E-state index contributed by atoms with van der Waals surface area (Å²) < 4.78 is 46.7. The first kappa shape index (κ1) is 22.0. The minimum atomic E-state index is -4.04. The van der Waals surface area contributed by atoms with Crippen LogP contribution >= 0.6 is 0 Å². The van der Waals surface area contributed by atoms with Gasteiger partial charge < -0.3 is 14.8 Å². The van der Waals surface area contributed by atoms with E-state index in [1.807, 2.05) is 0 Å². The maximum atomic E-state index is 13.5. The lowest BCUT2D eigenvalue weighted by molar-refractivity contribution is 0.0995. The van der Waals surface area contributed by atoms with Gasteiger partial charge in [-0.05, 0) is 48.5 Å². The smallest absolute Gasteiger partial charge is 0.295 e. The number of sulfonamides is 1. The van der Waals surface area contributed by atoms with Crippen molar-refractivity contribution in [1.82, 2.24) is 4.98 Å². The van der Waals surface area contributed by atoms with E-state index in [-0.39, 0.29) is 33.1 Å². The number of carbonyl (C=O) groups excluding carboxylic acids is 1. The third-order valence-electron chi connectivity index (χ3n) is 4.70.